The molecular weight excluding hydrogens is 334 g/mol. The Hall–Kier alpha value is -0.970. The topological polar surface area (TPSA) is 20.3 Å². The number of likely N-dealkylation sites (N-methyl/N-ethyl adjacent to an activating group) is 1. The standard InChI is InChI=1S/C16H18BrNOS/c1-12(10-13-6-5-9-20-13)18(2)11-16(19)14-7-3-4-8-15(14)17/h3-9,12H,10-11H2,1-2H3. The molecule has 0 aliphatic heterocycles. The number of thiophene rings is 1. The van der Waals surface area contributed by atoms with Crippen LogP contribution < -0.4 is 0 Å². The highest BCUT2D eigenvalue weighted by atomic mass is 79.9. The van der Waals surface area contributed by atoms with Gasteiger partial charge in [-0.2, -0.15) is 0 Å². The van der Waals surface area contributed by atoms with Crippen LogP contribution in [0.25, 0.3) is 0 Å². The molecule has 0 spiro atoms. The van der Waals surface area contributed by atoms with Crippen molar-refractivity contribution >= 4 is 33.0 Å². The summed E-state index contributed by atoms with van der Waals surface area (Å²) in [6.45, 7) is 2.60. The van der Waals surface area contributed by atoms with Gasteiger partial charge in [-0.3, -0.25) is 9.69 Å². The van der Waals surface area contributed by atoms with E-state index in [0.29, 0.717) is 12.6 Å². The van der Waals surface area contributed by atoms with Crippen molar-refractivity contribution < 1.29 is 4.79 Å². The van der Waals surface area contributed by atoms with Crippen molar-refractivity contribution in [3.63, 3.8) is 0 Å². The molecule has 20 heavy (non-hydrogen) atoms. The summed E-state index contributed by atoms with van der Waals surface area (Å²) in [5.74, 6) is 0.151. The summed E-state index contributed by atoms with van der Waals surface area (Å²) in [6.07, 6.45) is 0.984. The third-order valence-electron chi connectivity index (χ3n) is 3.40. The van der Waals surface area contributed by atoms with Crippen LogP contribution in [0, 0.1) is 0 Å². The molecule has 106 valence electrons. The van der Waals surface area contributed by atoms with Crippen molar-refractivity contribution in [2.24, 2.45) is 0 Å². The monoisotopic (exact) mass is 351 g/mol. The van der Waals surface area contributed by atoms with Gasteiger partial charge in [0.2, 0.25) is 0 Å². The molecule has 2 nitrogen and oxygen atoms in total. The number of rotatable bonds is 6. The normalized spacial score (nSPS) is 12.6. The average molecular weight is 352 g/mol. The van der Waals surface area contributed by atoms with Crippen molar-refractivity contribution in [1.82, 2.24) is 4.90 Å². The third-order valence-corrected chi connectivity index (χ3v) is 4.99. The molecule has 0 radical (unpaired) electrons. The van der Waals surface area contributed by atoms with Crippen LogP contribution in [0.5, 0.6) is 0 Å². The molecule has 1 aromatic carbocycles. The second kappa shape index (κ2) is 7.16. The molecule has 2 rings (SSSR count). The Kier molecular flexibility index (Phi) is 5.52. The molecule has 0 aliphatic rings. The SMILES string of the molecule is CC(Cc1cccs1)N(C)CC(=O)c1ccccc1Br. The first-order chi connectivity index (χ1) is 9.58. The number of ketones is 1. The van der Waals surface area contributed by atoms with Crippen LogP contribution in [-0.4, -0.2) is 30.3 Å². The lowest BCUT2D eigenvalue weighted by atomic mass is 10.1. The Morgan fingerprint density at radius 1 is 1.30 bits per heavy atom. The van der Waals surface area contributed by atoms with Gasteiger partial charge in [-0.05, 0) is 37.9 Å². The van der Waals surface area contributed by atoms with Crippen LogP contribution in [0.4, 0.5) is 0 Å². The molecule has 0 bridgehead atoms. The van der Waals surface area contributed by atoms with E-state index in [4.69, 9.17) is 0 Å². The minimum absolute atomic E-state index is 0.151. The van der Waals surface area contributed by atoms with Gasteiger partial charge in [0.1, 0.15) is 0 Å². The average Bonchev–Trinajstić information content (AvgIpc) is 2.91. The Balaban J connectivity index is 1.95. The number of halogens is 1. The number of Topliss-reactive ketones (excluding diaryl/α,β-unsaturated/α-hetero) is 1. The number of carbonyl (C=O) groups excluding carboxylic acids is 1. The van der Waals surface area contributed by atoms with E-state index in [2.05, 4.69) is 45.3 Å². The van der Waals surface area contributed by atoms with Gasteiger partial charge in [0.25, 0.3) is 0 Å². The quantitative estimate of drug-likeness (QED) is 0.724. The molecule has 2 aromatic rings. The molecular formula is C16H18BrNOS. The highest BCUT2D eigenvalue weighted by Crippen LogP contribution is 2.18. The van der Waals surface area contributed by atoms with Gasteiger partial charge in [0, 0.05) is 21.0 Å². The lowest BCUT2D eigenvalue weighted by Gasteiger charge is -2.23. The van der Waals surface area contributed by atoms with E-state index < -0.39 is 0 Å². The fourth-order valence-electron chi connectivity index (χ4n) is 2.03. The molecule has 1 atom stereocenters. The van der Waals surface area contributed by atoms with Gasteiger partial charge in [-0.25, -0.2) is 0 Å². The molecule has 1 heterocycles. The zero-order valence-corrected chi connectivity index (χ0v) is 14.1. The Labute approximate surface area is 132 Å². The maximum Gasteiger partial charge on any atom is 0.177 e. The first kappa shape index (κ1) is 15.4. The number of benzene rings is 1. The first-order valence-electron chi connectivity index (χ1n) is 6.58. The highest BCUT2D eigenvalue weighted by molar-refractivity contribution is 9.10. The number of hydrogen-bond acceptors (Lipinski definition) is 3. The highest BCUT2D eigenvalue weighted by Gasteiger charge is 2.16. The molecule has 0 fully saturated rings. The van der Waals surface area contributed by atoms with E-state index in [9.17, 15) is 4.79 Å². The molecule has 0 amide bonds. The van der Waals surface area contributed by atoms with E-state index in [-0.39, 0.29) is 5.78 Å². The smallest absolute Gasteiger partial charge is 0.177 e. The lowest BCUT2D eigenvalue weighted by molar-refractivity contribution is 0.0924. The van der Waals surface area contributed by atoms with E-state index in [0.717, 1.165) is 16.5 Å². The van der Waals surface area contributed by atoms with Crippen molar-refractivity contribution in [1.29, 1.82) is 0 Å². The van der Waals surface area contributed by atoms with Crippen molar-refractivity contribution in [2.75, 3.05) is 13.6 Å². The molecule has 0 saturated heterocycles. The van der Waals surface area contributed by atoms with E-state index in [1.54, 1.807) is 11.3 Å². The second-order valence-corrected chi connectivity index (χ2v) is 6.84. The van der Waals surface area contributed by atoms with Crippen LogP contribution in [0.1, 0.15) is 22.2 Å². The van der Waals surface area contributed by atoms with Gasteiger partial charge in [0.05, 0.1) is 6.54 Å². The molecule has 1 aromatic heterocycles. The predicted octanol–water partition coefficient (Wildman–Crippen LogP) is 4.26. The summed E-state index contributed by atoms with van der Waals surface area (Å²) in [7, 11) is 2.01. The molecule has 0 saturated carbocycles. The largest absolute Gasteiger partial charge is 0.296 e. The summed E-state index contributed by atoms with van der Waals surface area (Å²) in [4.78, 5) is 15.8. The van der Waals surface area contributed by atoms with Crippen LogP contribution in [-0.2, 0) is 6.42 Å². The molecule has 1 unspecified atom stereocenters. The van der Waals surface area contributed by atoms with E-state index in [1.807, 2.05) is 31.3 Å². The van der Waals surface area contributed by atoms with Crippen LogP contribution >= 0.6 is 27.3 Å². The number of carbonyl (C=O) groups is 1. The van der Waals surface area contributed by atoms with Gasteiger partial charge in [-0.15, -0.1) is 11.3 Å². The van der Waals surface area contributed by atoms with Crippen LogP contribution in [0.2, 0.25) is 0 Å². The zero-order valence-electron chi connectivity index (χ0n) is 11.7. The van der Waals surface area contributed by atoms with Crippen molar-refractivity contribution in [3.8, 4) is 0 Å². The second-order valence-electron chi connectivity index (χ2n) is 4.95. The number of nitrogens with zero attached hydrogens (tertiary/aromatic N) is 1. The van der Waals surface area contributed by atoms with Crippen LogP contribution in [0.15, 0.2) is 46.3 Å². The van der Waals surface area contributed by atoms with Crippen LogP contribution in [0.3, 0.4) is 0 Å². The maximum atomic E-state index is 12.3. The zero-order chi connectivity index (χ0) is 14.5. The summed E-state index contributed by atoms with van der Waals surface area (Å²) in [5, 5.41) is 2.09. The fraction of sp³-hybridized carbons (Fsp3) is 0.312. The van der Waals surface area contributed by atoms with E-state index in [1.165, 1.54) is 4.88 Å². The van der Waals surface area contributed by atoms with E-state index >= 15 is 0 Å². The molecule has 0 aliphatic carbocycles. The third kappa shape index (κ3) is 4.01. The Morgan fingerprint density at radius 2 is 2.05 bits per heavy atom. The summed E-state index contributed by atoms with van der Waals surface area (Å²) >= 11 is 5.20. The Bertz CT molecular complexity index is 568. The van der Waals surface area contributed by atoms with Gasteiger partial charge < -0.3 is 0 Å². The fourth-order valence-corrected chi connectivity index (χ4v) is 3.36. The molecule has 4 heteroatoms. The summed E-state index contributed by atoms with van der Waals surface area (Å²) < 4.78 is 0.865. The Morgan fingerprint density at radius 3 is 2.70 bits per heavy atom. The van der Waals surface area contributed by atoms with Gasteiger partial charge in [-0.1, -0.05) is 40.2 Å². The molecule has 0 N–H and O–H groups in total. The van der Waals surface area contributed by atoms with Gasteiger partial charge in [0.15, 0.2) is 5.78 Å². The van der Waals surface area contributed by atoms with Gasteiger partial charge >= 0.3 is 0 Å². The van der Waals surface area contributed by atoms with Crippen molar-refractivity contribution in [3.05, 3.63) is 56.7 Å². The number of hydrogen-bond donors (Lipinski definition) is 0. The predicted molar refractivity (Wildman–Crippen MR) is 88.6 cm³/mol. The summed E-state index contributed by atoms with van der Waals surface area (Å²) in [5.41, 5.74) is 0.752. The lowest BCUT2D eigenvalue weighted by Crippen LogP contribution is -2.35. The first-order valence-corrected chi connectivity index (χ1v) is 8.25. The van der Waals surface area contributed by atoms with Crippen molar-refractivity contribution in [2.45, 2.75) is 19.4 Å². The minimum Gasteiger partial charge on any atom is -0.296 e. The minimum atomic E-state index is 0.151. The summed E-state index contributed by atoms with van der Waals surface area (Å²) in [6, 6.07) is 12.1. The maximum absolute atomic E-state index is 12.3.